The summed E-state index contributed by atoms with van der Waals surface area (Å²) in [6, 6.07) is 14.5. The molecule has 0 saturated carbocycles. The molecule has 5 nitrogen and oxygen atoms in total. The van der Waals surface area contributed by atoms with E-state index in [1.54, 1.807) is 30.3 Å². The van der Waals surface area contributed by atoms with Gasteiger partial charge in [0.1, 0.15) is 11.7 Å². The van der Waals surface area contributed by atoms with Gasteiger partial charge in [-0.2, -0.15) is 23.0 Å². The molecule has 1 aliphatic rings. The number of amides is 1. The third-order valence-electron chi connectivity index (χ3n) is 4.32. The number of benzene rings is 2. The van der Waals surface area contributed by atoms with Crippen molar-refractivity contribution in [2.45, 2.75) is 12.1 Å². The third kappa shape index (κ3) is 2.99. The van der Waals surface area contributed by atoms with Gasteiger partial charge in [-0.1, -0.05) is 42.5 Å². The lowest BCUT2D eigenvalue weighted by Crippen LogP contribution is -2.38. The standard InChI is InChI=1S/C19H12F3N3O2/c20-19(21,22)13-8-6-11(7-9-13)14-10-15-23-17(26)16(18(27)25(15)24-14)12-4-2-1-3-5-12/h1-10,16H,(H,23,26). The molecule has 1 aliphatic heterocycles. The normalized spacial score (nSPS) is 16.8. The Hall–Kier alpha value is -3.42. The fourth-order valence-corrected chi connectivity index (χ4v) is 2.98. The Labute approximate surface area is 151 Å². The molecule has 0 spiro atoms. The molecule has 1 amide bonds. The largest absolute Gasteiger partial charge is 0.416 e. The van der Waals surface area contributed by atoms with E-state index in [0.29, 0.717) is 16.8 Å². The molecule has 1 unspecified atom stereocenters. The van der Waals surface area contributed by atoms with Crippen LogP contribution in [0, 0.1) is 0 Å². The van der Waals surface area contributed by atoms with Crippen LogP contribution >= 0.6 is 0 Å². The van der Waals surface area contributed by atoms with Crippen LogP contribution < -0.4 is 5.32 Å². The van der Waals surface area contributed by atoms with Gasteiger partial charge >= 0.3 is 6.18 Å². The van der Waals surface area contributed by atoms with Gasteiger partial charge in [0.2, 0.25) is 5.91 Å². The second-order valence-corrected chi connectivity index (χ2v) is 6.07. The summed E-state index contributed by atoms with van der Waals surface area (Å²) >= 11 is 0. The van der Waals surface area contributed by atoms with E-state index >= 15 is 0 Å². The summed E-state index contributed by atoms with van der Waals surface area (Å²) in [6.07, 6.45) is -4.43. The van der Waals surface area contributed by atoms with E-state index in [1.807, 2.05) is 0 Å². The number of hydrogen-bond acceptors (Lipinski definition) is 3. The van der Waals surface area contributed by atoms with Gasteiger partial charge in [0.25, 0.3) is 5.91 Å². The van der Waals surface area contributed by atoms with Crippen molar-refractivity contribution in [1.29, 1.82) is 0 Å². The molecule has 0 fully saturated rings. The van der Waals surface area contributed by atoms with Gasteiger partial charge in [0, 0.05) is 11.6 Å². The molecule has 0 radical (unpaired) electrons. The summed E-state index contributed by atoms with van der Waals surface area (Å²) in [7, 11) is 0. The first kappa shape index (κ1) is 17.0. The van der Waals surface area contributed by atoms with Crippen molar-refractivity contribution in [3.8, 4) is 11.3 Å². The SMILES string of the molecule is O=C1Nc2cc(-c3ccc(C(F)(F)F)cc3)nn2C(=O)C1c1ccccc1. The zero-order valence-corrected chi connectivity index (χ0v) is 13.7. The van der Waals surface area contributed by atoms with Crippen LogP contribution in [0.25, 0.3) is 11.3 Å². The van der Waals surface area contributed by atoms with Crippen molar-refractivity contribution < 1.29 is 22.8 Å². The predicted octanol–water partition coefficient (Wildman–Crippen LogP) is 3.95. The molecule has 1 aromatic heterocycles. The van der Waals surface area contributed by atoms with Gasteiger partial charge < -0.3 is 5.32 Å². The number of hydrogen-bond donors (Lipinski definition) is 1. The Balaban J connectivity index is 1.69. The first-order valence-electron chi connectivity index (χ1n) is 8.02. The number of carbonyl (C=O) groups excluding carboxylic acids is 2. The lowest BCUT2D eigenvalue weighted by molar-refractivity contribution is -0.137. The van der Waals surface area contributed by atoms with Crippen molar-refractivity contribution in [2.75, 3.05) is 5.32 Å². The molecule has 8 heteroatoms. The van der Waals surface area contributed by atoms with Crippen molar-refractivity contribution in [3.63, 3.8) is 0 Å². The highest BCUT2D eigenvalue weighted by atomic mass is 19.4. The zero-order chi connectivity index (χ0) is 19.2. The van der Waals surface area contributed by atoms with Crippen LogP contribution in [0.1, 0.15) is 21.8 Å². The number of alkyl halides is 3. The van der Waals surface area contributed by atoms with E-state index in [9.17, 15) is 22.8 Å². The number of nitrogens with zero attached hydrogens (tertiary/aromatic N) is 2. The van der Waals surface area contributed by atoms with E-state index in [4.69, 9.17) is 0 Å². The molecule has 2 aromatic carbocycles. The maximum absolute atomic E-state index is 12.7. The molecule has 136 valence electrons. The minimum Gasteiger partial charge on any atom is -0.309 e. The average molecular weight is 371 g/mol. The van der Waals surface area contributed by atoms with Crippen LogP contribution in [-0.4, -0.2) is 21.6 Å². The molecule has 0 aliphatic carbocycles. The summed E-state index contributed by atoms with van der Waals surface area (Å²) in [5.74, 6) is -1.83. The molecule has 0 bridgehead atoms. The van der Waals surface area contributed by atoms with Crippen LogP contribution in [0.15, 0.2) is 60.7 Å². The lowest BCUT2D eigenvalue weighted by Gasteiger charge is -2.21. The number of aromatic nitrogens is 2. The Morgan fingerprint density at radius 2 is 1.63 bits per heavy atom. The summed E-state index contributed by atoms with van der Waals surface area (Å²) in [6.45, 7) is 0. The number of halogens is 3. The van der Waals surface area contributed by atoms with Gasteiger partial charge in [0.05, 0.1) is 11.3 Å². The van der Waals surface area contributed by atoms with E-state index in [2.05, 4.69) is 10.4 Å². The minimum atomic E-state index is -4.43. The van der Waals surface area contributed by atoms with Crippen LogP contribution in [0.4, 0.5) is 19.0 Å². The number of anilines is 1. The Morgan fingerprint density at radius 3 is 2.26 bits per heavy atom. The highest BCUT2D eigenvalue weighted by Gasteiger charge is 2.37. The third-order valence-corrected chi connectivity index (χ3v) is 4.32. The number of carbonyl (C=O) groups is 2. The predicted molar refractivity (Wildman–Crippen MR) is 91.1 cm³/mol. The number of fused-ring (bicyclic) bond motifs is 1. The number of rotatable bonds is 2. The minimum absolute atomic E-state index is 0.187. The molecule has 1 N–H and O–H groups in total. The first-order chi connectivity index (χ1) is 12.8. The van der Waals surface area contributed by atoms with Crippen molar-refractivity contribution >= 4 is 17.6 Å². The molecule has 2 heterocycles. The van der Waals surface area contributed by atoms with Crippen LogP contribution in [-0.2, 0) is 11.0 Å². The second-order valence-electron chi connectivity index (χ2n) is 6.07. The van der Waals surface area contributed by atoms with Gasteiger partial charge in [0.15, 0.2) is 0 Å². The highest BCUT2D eigenvalue weighted by molar-refractivity contribution is 6.15. The first-order valence-corrected chi connectivity index (χ1v) is 8.02. The zero-order valence-electron chi connectivity index (χ0n) is 13.7. The van der Waals surface area contributed by atoms with E-state index in [-0.39, 0.29) is 5.82 Å². The molecule has 1 atom stereocenters. The van der Waals surface area contributed by atoms with Gasteiger partial charge in [-0.3, -0.25) is 9.59 Å². The Morgan fingerprint density at radius 1 is 0.963 bits per heavy atom. The molecular formula is C19H12F3N3O2. The molecule has 4 rings (SSSR count). The molecule has 0 saturated heterocycles. The van der Waals surface area contributed by atoms with Crippen LogP contribution in [0.5, 0.6) is 0 Å². The summed E-state index contributed by atoms with van der Waals surface area (Å²) < 4.78 is 39.2. The molecule has 3 aromatic rings. The van der Waals surface area contributed by atoms with E-state index in [1.165, 1.54) is 18.2 Å². The smallest absolute Gasteiger partial charge is 0.309 e. The van der Waals surface area contributed by atoms with Crippen molar-refractivity contribution in [2.24, 2.45) is 0 Å². The van der Waals surface area contributed by atoms with E-state index in [0.717, 1.165) is 16.8 Å². The molecule has 27 heavy (non-hydrogen) atoms. The quantitative estimate of drug-likeness (QED) is 0.694. The topological polar surface area (TPSA) is 64.0 Å². The second kappa shape index (κ2) is 6.08. The highest BCUT2D eigenvalue weighted by Crippen LogP contribution is 2.33. The summed E-state index contributed by atoms with van der Waals surface area (Å²) in [5, 5.41) is 6.80. The summed E-state index contributed by atoms with van der Waals surface area (Å²) in [5.41, 5.74) is 0.463. The van der Waals surface area contributed by atoms with Crippen molar-refractivity contribution in [3.05, 3.63) is 71.8 Å². The van der Waals surface area contributed by atoms with Crippen LogP contribution in [0.2, 0.25) is 0 Å². The maximum atomic E-state index is 12.7. The molecular weight excluding hydrogens is 359 g/mol. The monoisotopic (exact) mass is 371 g/mol. The maximum Gasteiger partial charge on any atom is 0.416 e. The lowest BCUT2D eigenvalue weighted by atomic mass is 9.96. The van der Waals surface area contributed by atoms with Gasteiger partial charge in [-0.05, 0) is 17.7 Å². The summed E-state index contributed by atoms with van der Waals surface area (Å²) in [4.78, 5) is 25.1. The fraction of sp³-hybridized carbons (Fsp3) is 0.105. The van der Waals surface area contributed by atoms with Crippen LogP contribution in [0.3, 0.4) is 0 Å². The van der Waals surface area contributed by atoms with Gasteiger partial charge in [-0.15, -0.1) is 0 Å². The fourth-order valence-electron chi connectivity index (χ4n) is 2.98. The van der Waals surface area contributed by atoms with Crippen molar-refractivity contribution in [1.82, 2.24) is 9.78 Å². The Bertz CT molecular complexity index is 1020. The van der Waals surface area contributed by atoms with Gasteiger partial charge in [-0.25, -0.2) is 0 Å². The Kier molecular flexibility index (Phi) is 3.83. The van der Waals surface area contributed by atoms with E-state index < -0.39 is 29.5 Å². The number of nitrogens with one attached hydrogen (secondary N) is 1. The average Bonchev–Trinajstić information content (AvgIpc) is 3.06.